The standard InChI is InChI=1S/C54H36N2/c1-54(2)49-12-6-5-11-47(49)48-27-22-37(32-50(48)54)43-30-40-18-16-38-28-42(29-39-17-19-41(31-43)53(40)52(38)39)35-20-25-45(26-21-35)56(44-23-14-34(33-55)15-24-44)51-13-7-9-36-8-3-4-10-46(36)51/h3-32H,1-2H3. The second-order valence-corrected chi connectivity index (χ2v) is 15.7. The molecule has 0 fully saturated rings. The van der Waals surface area contributed by atoms with Gasteiger partial charge in [0, 0.05) is 22.2 Å². The SMILES string of the molecule is CC1(C)c2ccccc2-c2ccc(-c3cc4ccc5cc(-c6ccc(N(c7ccc(C#N)cc7)c7cccc8ccccc78)cc6)cc6ccc(c3)c4c56)cc21. The van der Waals surface area contributed by atoms with E-state index in [1.165, 1.54) is 87.6 Å². The van der Waals surface area contributed by atoms with Crippen molar-refractivity contribution in [1.29, 1.82) is 5.26 Å². The van der Waals surface area contributed by atoms with E-state index in [-0.39, 0.29) is 5.41 Å². The molecule has 1 aliphatic rings. The molecule has 0 aliphatic heterocycles. The smallest absolute Gasteiger partial charge is 0.0991 e. The average Bonchev–Trinajstić information content (AvgIpc) is 3.48. The van der Waals surface area contributed by atoms with E-state index >= 15 is 0 Å². The van der Waals surface area contributed by atoms with Crippen molar-refractivity contribution in [3.05, 3.63) is 199 Å². The van der Waals surface area contributed by atoms with Crippen molar-refractivity contribution in [2.75, 3.05) is 4.90 Å². The van der Waals surface area contributed by atoms with Crippen LogP contribution in [0.3, 0.4) is 0 Å². The third-order valence-corrected chi connectivity index (χ3v) is 12.2. The Morgan fingerprint density at radius 1 is 0.429 bits per heavy atom. The van der Waals surface area contributed by atoms with Crippen molar-refractivity contribution in [3.8, 4) is 39.4 Å². The van der Waals surface area contributed by atoms with Crippen LogP contribution in [0.15, 0.2) is 182 Å². The maximum atomic E-state index is 9.49. The van der Waals surface area contributed by atoms with E-state index in [1.54, 1.807) is 0 Å². The van der Waals surface area contributed by atoms with Crippen molar-refractivity contribution < 1.29 is 0 Å². The van der Waals surface area contributed by atoms with Crippen LogP contribution in [0.1, 0.15) is 30.5 Å². The fraction of sp³-hybridized carbons (Fsp3) is 0.0556. The van der Waals surface area contributed by atoms with Crippen LogP contribution in [0, 0.1) is 11.3 Å². The first kappa shape index (κ1) is 32.2. The predicted molar refractivity (Wildman–Crippen MR) is 235 cm³/mol. The highest BCUT2D eigenvalue weighted by Gasteiger charge is 2.35. The summed E-state index contributed by atoms with van der Waals surface area (Å²) in [6.45, 7) is 4.70. The number of rotatable bonds is 5. The van der Waals surface area contributed by atoms with E-state index in [1.807, 2.05) is 24.3 Å². The fourth-order valence-corrected chi connectivity index (χ4v) is 9.37. The molecule has 0 atom stereocenters. The van der Waals surface area contributed by atoms with Crippen LogP contribution in [0.2, 0.25) is 0 Å². The van der Waals surface area contributed by atoms with Gasteiger partial charge in [-0.15, -0.1) is 0 Å². The lowest BCUT2D eigenvalue weighted by molar-refractivity contribution is 0.660. The van der Waals surface area contributed by atoms with Gasteiger partial charge in [-0.2, -0.15) is 5.26 Å². The van der Waals surface area contributed by atoms with Crippen LogP contribution in [0.5, 0.6) is 0 Å². The van der Waals surface area contributed by atoms with Crippen molar-refractivity contribution >= 4 is 60.2 Å². The summed E-state index contributed by atoms with van der Waals surface area (Å²) in [6.07, 6.45) is 0. The van der Waals surface area contributed by atoms with E-state index in [0.717, 1.165) is 17.1 Å². The maximum Gasteiger partial charge on any atom is 0.0991 e. The zero-order valence-corrected chi connectivity index (χ0v) is 31.2. The molecule has 10 aromatic rings. The van der Waals surface area contributed by atoms with Gasteiger partial charge in [-0.3, -0.25) is 0 Å². The second kappa shape index (κ2) is 12.2. The highest BCUT2D eigenvalue weighted by atomic mass is 15.1. The van der Waals surface area contributed by atoms with Gasteiger partial charge in [-0.05, 0) is 155 Å². The van der Waals surface area contributed by atoms with Crippen LogP contribution >= 0.6 is 0 Å². The van der Waals surface area contributed by atoms with Gasteiger partial charge in [-0.1, -0.05) is 123 Å². The molecular weight excluding hydrogens is 677 g/mol. The Morgan fingerprint density at radius 3 is 1.62 bits per heavy atom. The molecule has 0 bridgehead atoms. The molecule has 0 unspecified atom stereocenters. The summed E-state index contributed by atoms with van der Waals surface area (Å²) >= 11 is 0. The summed E-state index contributed by atoms with van der Waals surface area (Å²) in [5.41, 5.74) is 14.2. The molecule has 0 radical (unpaired) electrons. The molecule has 0 amide bonds. The summed E-state index contributed by atoms with van der Waals surface area (Å²) in [5, 5.41) is 19.5. The monoisotopic (exact) mass is 712 g/mol. The highest BCUT2D eigenvalue weighted by Crippen LogP contribution is 2.50. The third kappa shape index (κ3) is 4.88. The molecule has 262 valence electrons. The first-order valence-corrected chi connectivity index (χ1v) is 19.3. The van der Waals surface area contributed by atoms with Crippen LogP contribution in [-0.2, 0) is 5.41 Å². The van der Waals surface area contributed by atoms with Gasteiger partial charge in [0.1, 0.15) is 0 Å². The first-order chi connectivity index (χ1) is 27.4. The zero-order chi connectivity index (χ0) is 37.5. The first-order valence-electron chi connectivity index (χ1n) is 19.3. The van der Waals surface area contributed by atoms with E-state index in [0.29, 0.717) is 5.56 Å². The third-order valence-electron chi connectivity index (χ3n) is 12.2. The highest BCUT2D eigenvalue weighted by molar-refractivity contribution is 6.24. The van der Waals surface area contributed by atoms with Gasteiger partial charge >= 0.3 is 0 Å². The Bertz CT molecular complexity index is 3150. The summed E-state index contributed by atoms with van der Waals surface area (Å²) in [7, 11) is 0. The summed E-state index contributed by atoms with van der Waals surface area (Å²) in [6, 6.07) is 68.4. The minimum atomic E-state index is -0.0305. The Hall–Kier alpha value is -7.21. The van der Waals surface area contributed by atoms with Crippen molar-refractivity contribution in [2.45, 2.75) is 19.3 Å². The lowest BCUT2D eigenvalue weighted by atomic mass is 9.81. The molecule has 0 saturated carbocycles. The molecule has 56 heavy (non-hydrogen) atoms. The van der Waals surface area contributed by atoms with E-state index < -0.39 is 0 Å². The minimum Gasteiger partial charge on any atom is -0.310 e. The molecule has 1 aliphatic carbocycles. The predicted octanol–water partition coefficient (Wildman–Crippen LogP) is 14.7. The summed E-state index contributed by atoms with van der Waals surface area (Å²) < 4.78 is 0. The van der Waals surface area contributed by atoms with Crippen LogP contribution in [-0.4, -0.2) is 0 Å². The number of fused-ring (bicyclic) bond motifs is 4. The normalized spacial score (nSPS) is 12.9. The van der Waals surface area contributed by atoms with Crippen molar-refractivity contribution in [2.24, 2.45) is 0 Å². The van der Waals surface area contributed by atoms with E-state index in [2.05, 4.69) is 183 Å². The quantitative estimate of drug-likeness (QED) is 0.166. The second-order valence-electron chi connectivity index (χ2n) is 15.7. The van der Waals surface area contributed by atoms with Gasteiger partial charge in [0.15, 0.2) is 0 Å². The fourth-order valence-electron chi connectivity index (χ4n) is 9.37. The van der Waals surface area contributed by atoms with Gasteiger partial charge < -0.3 is 4.90 Å². The molecule has 0 heterocycles. The van der Waals surface area contributed by atoms with Crippen LogP contribution in [0.4, 0.5) is 17.1 Å². The summed E-state index contributed by atoms with van der Waals surface area (Å²) in [4.78, 5) is 2.28. The molecule has 2 heteroatoms. The van der Waals surface area contributed by atoms with Gasteiger partial charge in [0.25, 0.3) is 0 Å². The number of benzene rings is 10. The molecule has 0 saturated heterocycles. The van der Waals surface area contributed by atoms with E-state index in [9.17, 15) is 5.26 Å². The molecule has 0 N–H and O–H groups in total. The molecule has 2 nitrogen and oxygen atoms in total. The van der Waals surface area contributed by atoms with E-state index in [4.69, 9.17) is 0 Å². The van der Waals surface area contributed by atoms with Crippen molar-refractivity contribution in [3.63, 3.8) is 0 Å². The van der Waals surface area contributed by atoms with Crippen molar-refractivity contribution in [1.82, 2.24) is 0 Å². The lowest BCUT2D eigenvalue weighted by Gasteiger charge is -2.27. The topological polar surface area (TPSA) is 27.0 Å². The number of hydrogen-bond acceptors (Lipinski definition) is 2. The molecule has 0 aromatic heterocycles. The molecule has 0 spiro atoms. The van der Waals surface area contributed by atoms with Crippen LogP contribution < -0.4 is 4.90 Å². The molecule has 10 aromatic carbocycles. The Balaban J connectivity index is 0.972. The average molecular weight is 713 g/mol. The zero-order valence-electron chi connectivity index (χ0n) is 31.2. The minimum absolute atomic E-state index is 0.0305. The number of anilines is 3. The largest absolute Gasteiger partial charge is 0.310 e. The molecular formula is C54H36N2. The molecule has 11 rings (SSSR count). The maximum absolute atomic E-state index is 9.49. The van der Waals surface area contributed by atoms with Gasteiger partial charge in [-0.25, -0.2) is 0 Å². The lowest BCUT2D eigenvalue weighted by Crippen LogP contribution is -2.14. The Labute approximate surface area is 326 Å². The Morgan fingerprint density at radius 2 is 0.964 bits per heavy atom. The van der Waals surface area contributed by atoms with Gasteiger partial charge in [0.05, 0.1) is 17.3 Å². The Kier molecular flexibility index (Phi) is 7.00. The van der Waals surface area contributed by atoms with Crippen LogP contribution in [0.25, 0.3) is 76.5 Å². The number of nitrogens with zero attached hydrogens (tertiary/aromatic N) is 2. The number of nitriles is 1. The van der Waals surface area contributed by atoms with Gasteiger partial charge in [0.2, 0.25) is 0 Å². The number of hydrogen-bond donors (Lipinski definition) is 0. The summed E-state index contributed by atoms with van der Waals surface area (Å²) in [5.74, 6) is 0.